The Labute approximate surface area is 118 Å². The van der Waals surface area contributed by atoms with Crippen molar-refractivity contribution < 1.29 is 4.74 Å². The first-order valence-electron chi connectivity index (χ1n) is 7.09. The number of azo groups is 1. The van der Waals surface area contributed by atoms with Gasteiger partial charge in [0.1, 0.15) is 12.4 Å². The lowest BCUT2D eigenvalue weighted by Crippen LogP contribution is -2.66. The monoisotopic (exact) mass is 273 g/mol. The van der Waals surface area contributed by atoms with E-state index in [4.69, 9.17) is 9.72 Å². The van der Waals surface area contributed by atoms with Crippen LogP contribution in [0.5, 0.6) is 0 Å². The molecule has 6 nitrogen and oxygen atoms in total. The van der Waals surface area contributed by atoms with Gasteiger partial charge in [0.15, 0.2) is 11.5 Å². The van der Waals surface area contributed by atoms with Crippen LogP contribution in [0, 0.1) is 5.41 Å². The maximum Gasteiger partial charge on any atom is 0.160 e. The van der Waals surface area contributed by atoms with Gasteiger partial charge in [0.05, 0.1) is 24.3 Å². The summed E-state index contributed by atoms with van der Waals surface area (Å²) in [5.74, 6) is 1.84. The van der Waals surface area contributed by atoms with E-state index in [9.17, 15) is 0 Å². The first-order chi connectivity index (χ1) is 9.47. The molecule has 4 heterocycles. The van der Waals surface area contributed by atoms with Gasteiger partial charge in [-0.1, -0.05) is 20.8 Å². The van der Waals surface area contributed by atoms with Crippen LogP contribution in [0.1, 0.15) is 32.3 Å². The summed E-state index contributed by atoms with van der Waals surface area (Å²) in [5.41, 5.74) is 2.14. The minimum Gasteiger partial charge on any atom is -0.380 e. The predicted octanol–water partition coefficient (Wildman–Crippen LogP) is 2.21. The van der Waals surface area contributed by atoms with Gasteiger partial charge in [-0.05, 0) is 0 Å². The Hall–Kier alpha value is -1.56. The third-order valence-electron chi connectivity index (χ3n) is 4.17. The van der Waals surface area contributed by atoms with Crippen LogP contribution in [0.25, 0.3) is 0 Å². The van der Waals surface area contributed by atoms with Crippen LogP contribution in [0.15, 0.2) is 10.2 Å². The summed E-state index contributed by atoms with van der Waals surface area (Å²) < 4.78 is 5.33. The quantitative estimate of drug-likeness (QED) is 0.787. The molecule has 0 N–H and O–H groups in total. The van der Waals surface area contributed by atoms with E-state index in [1.54, 1.807) is 0 Å². The average Bonchev–Trinajstić information content (AvgIpc) is 2.71. The standard InChI is InChI=1S/C14H19N5O/c1-13(2,3)12-16-9-4-15-18-10(9)11(17-12)19-5-14(6-19)7-20-8-14/h4-8H2,1-3H3. The van der Waals surface area contributed by atoms with Gasteiger partial charge in [-0.15, -0.1) is 5.11 Å². The Morgan fingerprint density at radius 2 is 1.90 bits per heavy atom. The first kappa shape index (κ1) is 12.2. The van der Waals surface area contributed by atoms with E-state index in [2.05, 4.69) is 40.9 Å². The van der Waals surface area contributed by atoms with Crippen LogP contribution in [-0.2, 0) is 16.7 Å². The number of hydrogen-bond acceptors (Lipinski definition) is 6. The average molecular weight is 273 g/mol. The lowest BCUT2D eigenvalue weighted by atomic mass is 9.78. The van der Waals surface area contributed by atoms with Gasteiger partial charge >= 0.3 is 0 Å². The lowest BCUT2D eigenvalue weighted by Gasteiger charge is -2.55. The summed E-state index contributed by atoms with van der Waals surface area (Å²) >= 11 is 0. The van der Waals surface area contributed by atoms with Crippen molar-refractivity contribution in [2.24, 2.45) is 15.6 Å². The predicted molar refractivity (Wildman–Crippen MR) is 74.4 cm³/mol. The minimum atomic E-state index is -0.0610. The highest BCUT2D eigenvalue weighted by Crippen LogP contribution is 2.44. The van der Waals surface area contributed by atoms with E-state index < -0.39 is 0 Å². The fourth-order valence-corrected chi connectivity index (χ4v) is 2.92. The van der Waals surface area contributed by atoms with Crippen LogP contribution < -0.4 is 4.90 Å². The van der Waals surface area contributed by atoms with Gasteiger partial charge < -0.3 is 9.64 Å². The third-order valence-corrected chi connectivity index (χ3v) is 4.17. The largest absolute Gasteiger partial charge is 0.380 e. The summed E-state index contributed by atoms with van der Waals surface area (Å²) in [7, 11) is 0. The third kappa shape index (κ3) is 1.67. The Kier molecular flexibility index (Phi) is 2.29. The number of nitrogens with zero attached hydrogens (tertiary/aromatic N) is 5. The van der Waals surface area contributed by atoms with Crippen molar-refractivity contribution in [3.05, 3.63) is 11.5 Å². The van der Waals surface area contributed by atoms with E-state index in [0.29, 0.717) is 12.0 Å². The first-order valence-corrected chi connectivity index (χ1v) is 7.09. The number of anilines is 1. The molecule has 0 aromatic carbocycles. The molecule has 0 amide bonds. The zero-order chi connectivity index (χ0) is 14.0. The molecule has 6 heteroatoms. The molecule has 20 heavy (non-hydrogen) atoms. The van der Waals surface area contributed by atoms with Crippen molar-refractivity contribution in [3.63, 3.8) is 0 Å². The van der Waals surface area contributed by atoms with Crippen molar-refractivity contribution >= 4 is 11.5 Å². The van der Waals surface area contributed by atoms with Gasteiger partial charge in [0.2, 0.25) is 0 Å². The highest BCUT2D eigenvalue weighted by molar-refractivity contribution is 5.67. The molecule has 0 bridgehead atoms. The molecule has 106 valence electrons. The number of hydrogen-bond donors (Lipinski definition) is 0. The van der Waals surface area contributed by atoms with Gasteiger partial charge in [0, 0.05) is 18.5 Å². The molecule has 0 atom stereocenters. The second-order valence-corrected chi connectivity index (χ2v) is 7.16. The van der Waals surface area contributed by atoms with Crippen molar-refractivity contribution in [1.29, 1.82) is 0 Å². The maximum absolute atomic E-state index is 5.33. The number of rotatable bonds is 1. The van der Waals surface area contributed by atoms with Gasteiger partial charge in [-0.25, -0.2) is 9.97 Å². The summed E-state index contributed by atoms with van der Waals surface area (Å²) in [6, 6.07) is 0. The van der Waals surface area contributed by atoms with Crippen LogP contribution in [0.3, 0.4) is 0 Å². The molecular weight excluding hydrogens is 254 g/mol. The van der Waals surface area contributed by atoms with E-state index in [0.717, 1.165) is 49.3 Å². The molecule has 2 saturated heterocycles. The molecule has 0 unspecified atom stereocenters. The van der Waals surface area contributed by atoms with Crippen molar-refractivity contribution in [2.75, 3.05) is 31.2 Å². The Morgan fingerprint density at radius 1 is 1.15 bits per heavy atom. The normalized spacial score (nSPS) is 22.6. The second-order valence-electron chi connectivity index (χ2n) is 7.16. The zero-order valence-corrected chi connectivity index (χ0v) is 12.2. The topological polar surface area (TPSA) is 63.0 Å². The summed E-state index contributed by atoms with van der Waals surface area (Å²) in [5, 5.41) is 8.36. The molecule has 1 aromatic heterocycles. The molecule has 3 aliphatic rings. The molecule has 3 aliphatic heterocycles. The lowest BCUT2D eigenvalue weighted by molar-refractivity contribution is -0.127. The maximum atomic E-state index is 5.33. The van der Waals surface area contributed by atoms with Gasteiger partial charge in [0.25, 0.3) is 0 Å². The summed E-state index contributed by atoms with van der Waals surface area (Å²) in [6.45, 7) is 10.8. The summed E-state index contributed by atoms with van der Waals surface area (Å²) in [6.07, 6.45) is 0. The highest BCUT2D eigenvalue weighted by Gasteiger charge is 2.50. The van der Waals surface area contributed by atoms with Crippen molar-refractivity contribution in [2.45, 2.75) is 32.7 Å². The fraction of sp³-hybridized carbons (Fsp3) is 0.714. The molecular formula is C14H19N5O. The molecule has 0 saturated carbocycles. The molecule has 0 aliphatic carbocycles. The SMILES string of the molecule is CC(C)(C)c1nc2c(c(N3CC4(COC4)C3)n1)N=NC2. The Balaban J connectivity index is 1.71. The smallest absolute Gasteiger partial charge is 0.160 e. The van der Waals surface area contributed by atoms with Crippen molar-refractivity contribution in [1.82, 2.24) is 9.97 Å². The Bertz CT molecular complexity index is 592. The van der Waals surface area contributed by atoms with Crippen LogP contribution in [0.2, 0.25) is 0 Å². The molecule has 0 radical (unpaired) electrons. The van der Waals surface area contributed by atoms with Gasteiger partial charge in [-0.3, -0.25) is 0 Å². The molecule has 4 rings (SSSR count). The van der Waals surface area contributed by atoms with Crippen LogP contribution in [0.4, 0.5) is 11.5 Å². The second kappa shape index (κ2) is 3.75. The zero-order valence-electron chi connectivity index (χ0n) is 12.2. The number of ether oxygens (including phenoxy) is 1. The van der Waals surface area contributed by atoms with Crippen molar-refractivity contribution in [3.8, 4) is 0 Å². The number of aromatic nitrogens is 2. The van der Waals surface area contributed by atoms with Crippen LogP contribution in [-0.4, -0.2) is 36.3 Å². The van der Waals surface area contributed by atoms with Crippen LogP contribution >= 0.6 is 0 Å². The van der Waals surface area contributed by atoms with E-state index in [1.807, 2.05) is 0 Å². The van der Waals surface area contributed by atoms with E-state index in [-0.39, 0.29) is 5.41 Å². The number of fused-ring (bicyclic) bond motifs is 1. The fourth-order valence-electron chi connectivity index (χ4n) is 2.92. The minimum absolute atomic E-state index is 0.0610. The van der Waals surface area contributed by atoms with Gasteiger partial charge in [-0.2, -0.15) is 5.11 Å². The van der Waals surface area contributed by atoms with E-state index >= 15 is 0 Å². The highest BCUT2D eigenvalue weighted by atomic mass is 16.5. The van der Waals surface area contributed by atoms with E-state index in [1.165, 1.54) is 0 Å². The Morgan fingerprint density at radius 3 is 2.50 bits per heavy atom. The molecule has 1 aromatic rings. The molecule has 2 fully saturated rings. The summed E-state index contributed by atoms with van der Waals surface area (Å²) in [4.78, 5) is 11.7. The molecule has 1 spiro atoms.